The van der Waals surface area contributed by atoms with Crippen LogP contribution < -0.4 is 10.3 Å². The number of nitrogens with one attached hydrogen (secondary N) is 3. The molecule has 0 unspecified atom stereocenters. The molecule has 2 aromatic carbocycles. The topological polar surface area (TPSA) is 59.0 Å². The van der Waals surface area contributed by atoms with E-state index >= 15 is 0 Å². The summed E-state index contributed by atoms with van der Waals surface area (Å²) in [6, 6.07) is 15.7. The summed E-state index contributed by atoms with van der Waals surface area (Å²) in [7, 11) is 0. The van der Waals surface area contributed by atoms with Crippen LogP contribution in [0.15, 0.2) is 53.7 Å². The Morgan fingerprint density at radius 3 is 2.86 bits per heavy atom. The van der Waals surface area contributed by atoms with E-state index in [1.165, 1.54) is 17.3 Å². The van der Waals surface area contributed by atoms with Gasteiger partial charge in [0.25, 0.3) is 0 Å². The number of carbonyl (C=O) groups is 1. The second-order valence-corrected chi connectivity index (χ2v) is 5.82. The van der Waals surface area contributed by atoms with Gasteiger partial charge in [0.15, 0.2) is 11.0 Å². The van der Waals surface area contributed by atoms with Crippen LogP contribution in [0.4, 0.5) is 5.69 Å². The third-order valence-corrected chi connectivity index (χ3v) is 3.98. The lowest BCUT2D eigenvalue weighted by atomic mass is 10.2. The van der Waals surface area contributed by atoms with Crippen molar-refractivity contribution in [2.75, 3.05) is 11.1 Å². The van der Waals surface area contributed by atoms with Crippen LogP contribution in [0.1, 0.15) is 5.56 Å². The molecular weight excluding hydrogens is 282 g/mol. The standard InChI is InChI=1S/C16H15N3OS/c1-11-7-8-13-14(9-11)19-16(18-13)21-10-15(20)17-12-5-3-2-4-6-12/h2-9H,10H2,1H3,(H,17,20)(H,18,19)/p+1. The molecule has 0 radical (unpaired) electrons. The van der Waals surface area contributed by atoms with E-state index in [2.05, 4.69) is 34.3 Å². The zero-order chi connectivity index (χ0) is 14.7. The van der Waals surface area contributed by atoms with E-state index in [9.17, 15) is 4.79 Å². The van der Waals surface area contributed by atoms with E-state index in [4.69, 9.17) is 0 Å². The van der Waals surface area contributed by atoms with Crippen LogP contribution in [-0.4, -0.2) is 16.6 Å². The number of benzene rings is 2. The van der Waals surface area contributed by atoms with Crippen LogP contribution in [0.3, 0.4) is 0 Å². The predicted octanol–water partition coefficient (Wildman–Crippen LogP) is 3.02. The number of anilines is 1. The molecule has 0 atom stereocenters. The average molecular weight is 298 g/mol. The lowest BCUT2D eigenvalue weighted by Gasteiger charge is -2.02. The molecule has 3 N–H and O–H groups in total. The average Bonchev–Trinajstić information content (AvgIpc) is 2.88. The third-order valence-electron chi connectivity index (χ3n) is 3.08. The Balaban J connectivity index is 1.62. The number of imidazole rings is 1. The minimum Gasteiger partial charge on any atom is -0.325 e. The molecular formula is C16H16N3OS+. The van der Waals surface area contributed by atoms with Crippen molar-refractivity contribution in [1.29, 1.82) is 0 Å². The fraction of sp³-hybridized carbons (Fsp3) is 0.125. The third kappa shape index (κ3) is 3.44. The quantitative estimate of drug-likeness (QED) is 0.727. The van der Waals surface area contributed by atoms with Gasteiger partial charge in [0.2, 0.25) is 5.91 Å². The molecule has 4 nitrogen and oxygen atoms in total. The Kier molecular flexibility index (Phi) is 3.92. The van der Waals surface area contributed by atoms with Gasteiger partial charge >= 0.3 is 5.16 Å². The van der Waals surface area contributed by atoms with Crippen molar-refractivity contribution < 1.29 is 9.78 Å². The van der Waals surface area contributed by atoms with Crippen LogP contribution in [0, 0.1) is 6.92 Å². The largest absolute Gasteiger partial charge is 0.325 e. The minimum absolute atomic E-state index is 0.0190. The molecule has 0 bridgehead atoms. The number of rotatable bonds is 4. The van der Waals surface area contributed by atoms with Gasteiger partial charge in [0, 0.05) is 5.69 Å². The highest BCUT2D eigenvalue weighted by atomic mass is 32.2. The van der Waals surface area contributed by atoms with Crippen LogP contribution in [0.2, 0.25) is 0 Å². The summed E-state index contributed by atoms with van der Waals surface area (Å²) in [6.07, 6.45) is 0. The van der Waals surface area contributed by atoms with Gasteiger partial charge in [-0.25, -0.2) is 9.97 Å². The molecule has 3 rings (SSSR count). The summed E-state index contributed by atoms with van der Waals surface area (Å²) in [6.45, 7) is 2.06. The molecule has 0 fully saturated rings. The van der Waals surface area contributed by atoms with Crippen LogP contribution in [0.5, 0.6) is 0 Å². The SMILES string of the molecule is Cc1ccc2[nH+]c(SCC(=O)Nc3ccccc3)[nH]c2c1. The Morgan fingerprint density at radius 2 is 2.05 bits per heavy atom. The number of hydrogen-bond acceptors (Lipinski definition) is 2. The van der Waals surface area contributed by atoms with E-state index in [0.717, 1.165) is 21.9 Å². The summed E-state index contributed by atoms with van der Waals surface area (Å²) < 4.78 is 0. The van der Waals surface area contributed by atoms with Gasteiger partial charge in [-0.15, -0.1) is 0 Å². The molecule has 21 heavy (non-hydrogen) atoms. The minimum atomic E-state index is -0.0190. The van der Waals surface area contributed by atoms with Gasteiger partial charge in [-0.2, -0.15) is 0 Å². The highest BCUT2D eigenvalue weighted by Crippen LogP contribution is 2.17. The number of amides is 1. The Hall–Kier alpha value is -2.27. The monoisotopic (exact) mass is 298 g/mol. The van der Waals surface area contributed by atoms with Crippen molar-refractivity contribution in [3.8, 4) is 0 Å². The number of thioether (sulfide) groups is 1. The number of hydrogen-bond donors (Lipinski definition) is 2. The molecule has 106 valence electrons. The maximum Gasteiger partial charge on any atom is 0.315 e. The zero-order valence-electron chi connectivity index (χ0n) is 11.6. The van der Waals surface area contributed by atoms with Gasteiger partial charge in [-0.05, 0) is 48.5 Å². The maximum absolute atomic E-state index is 11.9. The summed E-state index contributed by atoms with van der Waals surface area (Å²) in [5, 5.41) is 3.76. The summed E-state index contributed by atoms with van der Waals surface area (Å²) in [4.78, 5) is 18.4. The number of aromatic nitrogens is 2. The first-order valence-electron chi connectivity index (χ1n) is 6.70. The number of H-pyrrole nitrogens is 2. The molecule has 3 aromatic rings. The maximum atomic E-state index is 11.9. The van der Waals surface area contributed by atoms with E-state index < -0.39 is 0 Å². The number of fused-ring (bicyclic) bond motifs is 1. The molecule has 0 aliphatic carbocycles. The second-order valence-electron chi connectivity index (χ2n) is 4.83. The molecule has 0 aliphatic heterocycles. The normalized spacial score (nSPS) is 10.7. The predicted molar refractivity (Wildman–Crippen MR) is 85.4 cm³/mol. The highest BCUT2D eigenvalue weighted by molar-refractivity contribution is 7.99. The summed E-state index contributed by atoms with van der Waals surface area (Å²) >= 11 is 1.46. The Bertz CT molecular complexity index is 768. The van der Waals surface area contributed by atoms with E-state index in [1.807, 2.05) is 36.4 Å². The van der Waals surface area contributed by atoms with Crippen molar-refractivity contribution in [1.82, 2.24) is 4.98 Å². The molecule has 1 aromatic heterocycles. The fourth-order valence-electron chi connectivity index (χ4n) is 2.07. The van der Waals surface area contributed by atoms with Crippen LogP contribution in [-0.2, 0) is 4.79 Å². The number of carbonyl (C=O) groups excluding carboxylic acids is 1. The number of para-hydroxylation sites is 1. The molecule has 5 heteroatoms. The molecule has 0 spiro atoms. The van der Waals surface area contributed by atoms with E-state index in [0.29, 0.717) is 5.75 Å². The van der Waals surface area contributed by atoms with Crippen LogP contribution >= 0.6 is 11.8 Å². The van der Waals surface area contributed by atoms with Crippen molar-refractivity contribution in [3.63, 3.8) is 0 Å². The number of aromatic amines is 2. The van der Waals surface area contributed by atoms with Gasteiger partial charge < -0.3 is 5.32 Å². The first-order chi connectivity index (χ1) is 10.2. The fourth-order valence-corrected chi connectivity index (χ4v) is 2.79. The summed E-state index contributed by atoms with van der Waals surface area (Å²) in [5.74, 6) is 0.339. The Labute approximate surface area is 127 Å². The molecule has 0 saturated heterocycles. The number of aryl methyl sites for hydroxylation is 1. The van der Waals surface area contributed by atoms with Crippen molar-refractivity contribution in [2.45, 2.75) is 12.1 Å². The highest BCUT2D eigenvalue weighted by Gasteiger charge is 2.12. The molecule has 1 heterocycles. The van der Waals surface area contributed by atoms with E-state index in [1.54, 1.807) is 0 Å². The lowest BCUT2D eigenvalue weighted by molar-refractivity contribution is -0.396. The van der Waals surface area contributed by atoms with Gasteiger partial charge in [0.05, 0.1) is 5.75 Å². The first-order valence-corrected chi connectivity index (χ1v) is 7.68. The van der Waals surface area contributed by atoms with Crippen molar-refractivity contribution in [2.24, 2.45) is 0 Å². The molecule has 0 saturated carbocycles. The van der Waals surface area contributed by atoms with Gasteiger partial charge in [-0.1, -0.05) is 24.3 Å². The van der Waals surface area contributed by atoms with Gasteiger partial charge in [0.1, 0.15) is 0 Å². The van der Waals surface area contributed by atoms with Crippen molar-refractivity contribution in [3.05, 3.63) is 54.1 Å². The lowest BCUT2D eigenvalue weighted by Crippen LogP contribution is -2.15. The van der Waals surface area contributed by atoms with Crippen molar-refractivity contribution >= 4 is 34.4 Å². The van der Waals surface area contributed by atoms with E-state index in [-0.39, 0.29) is 5.91 Å². The molecule has 1 amide bonds. The summed E-state index contributed by atoms with van der Waals surface area (Å²) in [5.41, 5.74) is 4.13. The van der Waals surface area contributed by atoms with Crippen LogP contribution in [0.25, 0.3) is 11.0 Å². The molecule has 0 aliphatic rings. The zero-order valence-corrected chi connectivity index (χ0v) is 12.5. The Morgan fingerprint density at radius 1 is 1.24 bits per heavy atom. The first kappa shape index (κ1) is 13.7. The smallest absolute Gasteiger partial charge is 0.315 e. The van der Waals surface area contributed by atoms with Gasteiger partial charge in [-0.3, -0.25) is 4.79 Å². The second kappa shape index (κ2) is 6.01.